The number of aliphatic hydroxyl groups excluding tert-OH is 1. The maximum absolute atomic E-state index is 13.8. The van der Waals surface area contributed by atoms with E-state index in [1.807, 2.05) is 37.3 Å². The Hall–Kier alpha value is -3.25. The van der Waals surface area contributed by atoms with Gasteiger partial charge in [0.2, 0.25) is 6.16 Å². The minimum atomic E-state index is -2.30. The molecule has 0 radical (unpaired) electrons. The number of aliphatic carboxylic acids is 1. The molecule has 0 spiro atoms. The van der Waals surface area contributed by atoms with E-state index in [1.165, 1.54) is 12.1 Å². The molecule has 1 aliphatic rings. The maximum Gasteiger partial charge on any atom is 0.511 e. The predicted molar refractivity (Wildman–Crippen MR) is 137 cm³/mol. The molecule has 2 aromatic carbocycles. The second-order valence-electron chi connectivity index (χ2n) is 9.01. The van der Waals surface area contributed by atoms with E-state index >= 15 is 0 Å². The van der Waals surface area contributed by atoms with Crippen molar-refractivity contribution in [1.82, 2.24) is 4.98 Å². The summed E-state index contributed by atoms with van der Waals surface area (Å²) in [5.41, 5.74) is 6.68. The molecule has 186 valence electrons. The van der Waals surface area contributed by atoms with Crippen molar-refractivity contribution in [3.63, 3.8) is 0 Å². The number of aromatic nitrogens is 1. The van der Waals surface area contributed by atoms with Crippen molar-refractivity contribution in [2.45, 2.75) is 38.2 Å². The zero-order valence-corrected chi connectivity index (χ0v) is 20.9. The quantitative estimate of drug-likeness (QED) is 0.293. The molecule has 1 unspecified atom stereocenters. The number of aliphatic hydroxyl groups is 1. The first kappa shape index (κ1) is 25.8. The maximum atomic E-state index is 13.8. The molecule has 8 heteroatoms. The molecular formula is C28H28FNO5P+. The number of rotatable bonds is 11. The van der Waals surface area contributed by atoms with Crippen LogP contribution in [-0.2, 0) is 13.9 Å². The number of hydrogen-bond donors (Lipinski definition) is 2. The Labute approximate surface area is 210 Å². The Morgan fingerprint density at radius 1 is 1.17 bits per heavy atom. The van der Waals surface area contributed by atoms with Gasteiger partial charge in [-0.25, -0.2) is 4.39 Å². The molecule has 6 nitrogen and oxygen atoms in total. The third-order valence-electron chi connectivity index (χ3n) is 6.12. The lowest BCUT2D eigenvalue weighted by Crippen LogP contribution is -2.15. The van der Waals surface area contributed by atoms with Gasteiger partial charge in [0.15, 0.2) is 0 Å². The number of carboxylic acid groups (broad SMARTS) is 1. The van der Waals surface area contributed by atoms with E-state index in [0.29, 0.717) is 5.57 Å². The molecule has 0 bridgehead atoms. The fourth-order valence-electron chi connectivity index (χ4n) is 4.27. The summed E-state index contributed by atoms with van der Waals surface area (Å²) in [5, 5.41) is 18.6. The van der Waals surface area contributed by atoms with E-state index in [0.717, 1.165) is 52.0 Å². The van der Waals surface area contributed by atoms with Crippen molar-refractivity contribution >= 4 is 19.6 Å². The lowest BCUT2D eigenvalue weighted by molar-refractivity contribution is -0.138. The Bertz CT molecular complexity index is 1290. The van der Waals surface area contributed by atoms with Gasteiger partial charge in [-0.1, -0.05) is 49.0 Å². The van der Waals surface area contributed by atoms with E-state index in [4.69, 9.17) is 14.6 Å². The Balaban J connectivity index is 1.74. The summed E-state index contributed by atoms with van der Waals surface area (Å²) in [6, 6.07) is 16.2. The van der Waals surface area contributed by atoms with Crippen LogP contribution in [0.4, 0.5) is 4.39 Å². The molecule has 0 saturated heterocycles. The predicted octanol–water partition coefficient (Wildman–Crippen LogP) is 6.35. The van der Waals surface area contributed by atoms with Crippen molar-refractivity contribution < 1.29 is 28.5 Å². The lowest BCUT2D eigenvalue weighted by atomic mass is 9.87. The summed E-state index contributed by atoms with van der Waals surface area (Å²) in [5.74, 6) is -1.25. The first-order chi connectivity index (χ1) is 17.2. The first-order valence-corrected chi connectivity index (χ1v) is 13.1. The van der Waals surface area contributed by atoms with E-state index in [9.17, 15) is 18.9 Å². The molecule has 1 heterocycles. The minimum absolute atomic E-state index is 0.0747. The number of hydrogen-bond acceptors (Lipinski definition) is 5. The van der Waals surface area contributed by atoms with Gasteiger partial charge < -0.3 is 10.2 Å². The van der Waals surface area contributed by atoms with Crippen LogP contribution in [0.25, 0.3) is 28.0 Å². The second kappa shape index (κ2) is 11.2. The van der Waals surface area contributed by atoms with Crippen molar-refractivity contribution in [2.24, 2.45) is 0 Å². The van der Waals surface area contributed by atoms with Crippen molar-refractivity contribution in [2.75, 3.05) is 12.8 Å². The zero-order valence-electron chi connectivity index (χ0n) is 20.0. The molecule has 2 N–H and O–H groups in total. The number of halogens is 1. The zero-order chi connectivity index (χ0) is 25.8. The fraction of sp³-hybridized carbons (Fsp3) is 0.286. The number of carbonyl (C=O) groups is 1. The highest BCUT2D eigenvalue weighted by Gasteiger charge is 2.33. The van der Waals surface area contributed by atoms with Gasteiger partial charge >= 0.3 is 14.0 Å². The monoisotopic (exact) mass is 508 g/mol. The number of nitrogens with zero attached hydrogens (tertiary/aromatic N) is 1. The van der Waals surface area contributed by atoms with Gasteiger partial charge in [0.25, 0.3) is 0 Å². The highest BCUT2D eigenvalue weighted by atomic mass is 31.1. The SMILES string of the molecule is C=C(CO[P+](=O)C[C@@H](O)CC(=O)O)c1c(C2CC2)nc(-c2ccccc2)c(C)c1-c1ccc(F)cc1. The number of benzene rings is 2. The lowest BCUT2D eigenvalue weighted by Gasteiger charge is -2.21. The molecule has 36 heavy (non-hydrogen) atoms. The number of carboxylic acids is 1. The largest absolute Gasteiger partial charge is 0.511 e. The van der Waals surface area contributed by atoms with E-state index in [1.54, 1.807) is 12.1 Å². The highest BCUT2D eigenvalue weighted by Crippen LogP contribution is 2.47. The van der Waals surface area contributed by atoms with Crippen molar-refractivity contribution in [3.8, 4) is 22.4 Å². The van der Waals surface area contributed by atoms with E-state index < -0.39 is 26.5 Å². The summed E-state index contributed by atoms with van der Waals surface area (Å²) in [6.45, 7) is 6.12. The Morgan fingerprint density at radius 3 is 2.44 bits per heavy atom. The molecule has 3 aromatic rings. The van der Waals surface area contributed by atoms with Crippen LogP contribution in [0.1, 0.15) is 42.0 Å². The summed E-state index contributed by atoms with van der Waals surface area (Å²) in [4.78, 5) is 15.8. The highest BCUT2D eigenvalue weighted by molar-refractivity contribution is 7.39. The molecule has 1 aliphatic carbocycles. The van der Waals surface area contributed by atoms with Gasteiger partial charge in [-0.3, -0.25) is 9.78 Å². The first-order valence-electron chi connectivity index (χ1n) is 11.8. The Kier molecular flexibility index (Phi) is 8.04. The third kappa shape index (κ3) is 6.11. The van der Waals surface area contributed by atoms with Gasteiger partial charge in [-0.15, -0.1) is 4.52 Å². The molecule has 1 saturated carbocycles. The summed E-state index contributed by atoms with van der Waals surface area (Å²) in [6.07, 6.45) is -0.0613. The molecule has 2 atom stereocenters. The second-order valence-corrected chi connectivity index (χ2v) is 10.3. The van der Waals surface area contributed by atoms with Crippen LogP contribution in [0.15, 0.2) is 61.2 Å². The Morgan fingerprint density at radius 2 is 1.83 bits per heavy atom. The van der Waals surface area contributed by atoms with Gasteiger partial charge in [-0.05, 0) is 58.7 Å². The van der Waals surface area contributed by atoms with Crippen LogP contribution < -0.4 is 0 Å². The standard InChI is InChI=1S/C28H27FNO5P/c1-17(15-35-36(34)16-23(31)14-24(32)33)25-26(19-10-12-22(29)13-11-19)18(2)27(20-6-4-3-5-7-20)30-28(25)21-8-9-21/h3-7,10-13,21,23,31H,1,8-9,14-16H2,2H3/p+1/t23-/m0/s1. The van der Waals surface area contributed by atoms with Crippen LogP contribution in [0, 0.1) is 12.7 Å². The molecule has 0 aliphatic heterocycles. The smallest absolute Gasteiger partial charge is 0.481 e. The van der Waals surface area contributed by atoms with E-state index in [2.05, 4.69) is 6.58 Å². The van der Waals surface area contributed by atoms with Gasteiger partial charge in [0.1, 0.15) is 18.5 Å². The van der Waals surface area contributed by atoms with Crippen LogP contribution in [0.3, 0.4) is 0 Å². The topological polar surface area (TPSA) is 96.7 Å². The number of pyridine rings is 1. The van der Waals surface area contributed by atoms with Crippen molar-refractivity contribution in [3.05, 3.63) is 83.8 Å². The summed E-state index contributed by atoms with van der Waals surface area (Å²) in [7, 11) is -2.30. The summed E-state index contributed by atoms with van der Waals surface area (Å²) < 4.78 is 31.7. The molecule has 0 amide bonds. The molecule has 1 fully saturated rings. The fourth-order valence-corrected chi connectivity index (χ4v) is 5.15. The third-order valence-corrected chi connectivity index (χ3v) is 7.26. The van der Waals surface area contributed by atoms with Gasteiger partial charge in [0.05, 0.1) is 17.8 Å². The van der Waals surface area contributed by atoms with Crippen molar-refractivity contribution in [1.29, 1.82) is 0 Å². The van der Waals surface area contributed by atoms with Crippen LogP contribution in [0.2, 0.25) is 0 Å². The van der Waals surface area contributed by atoms with Crippen LogP contribution >= 0.6 is 8.03 Å². The molecule has 1 aromatic heterocycles. The van der Waals surface area contributed by atoms with Crippen LogP contribution in [0.5, 0.6) is 0 Å². The molecule has 4 rings (SSSR count). The van der Waals surface area contributed by atoms with Crippen LogP contribution in [-0.4, -0.2) is 40.0 Å². The van der Waals surface area contributed by atoms with Gasteiger partial charge in [-0.2, -0.15) is 0 Å². The minimum Gasteiger partial charge on any atom is -0.481 e. The van der Waals surface area contributed by atoms with E-state index in [-0.39, 0.29) is 24.5 Å². The summed E-state index contributed by atoms with van der Waals surface area (Å²) >= 11 is 0. The normalized spacial score (nSPS) is 14.4. The molecular weight excluding hydrogens is 480 g/mol. The average molecular weight is 509 g/mol. The van der Waals surface area contributed by atoms with Gasteiger partial charge in [0, 0.05) is 17.0 Å². The average Bonchev–Trinajstić information content (AvgIpc) is 3.68.